The number of piperidine rings is 1. The number of alkyl halides is 1. The molecule has 0 aromatic carbocycles. The molecule has 2 heterocycles. The number of carbonyl (C=O) groups excluding carboxylic acids is 1. The molecule has 0 unspecified atom stereocenters. The van der Waals surface area contributed by atoms with Crippen molar-refractivity contribution in [2.45, 2.75) is 17.7 Å². The van der Waals surface area contributed by atoms with E-state index in [1.165, 1.54) is 11.3 Å². The molecule has 0 aliphatic carbocycles. The lowest BCUT2D eigenvalue weighted by Gasteiger charge is -2.29. The zero-order chi connectivity index (χ0) is 10.8. The molecule has 0 atom stereocenters. The van der Waals surface area contributed by atoms with E-state index < -0.39 is 0 Å². The van der Waals surface area contributed by atoms with Crippen LogP contribution < -0.4 is 0 Å². The van der Waals surface area contributed by atoms with Crippen LogP contribution in [-0.2, 0) is 0 Å². The van der Waals surface area contributed by atoms with E-state index in [1.54, 1.807) is 12.1 Å². The minimum atomic E-state index is 0.117. The summed E-state index contributed by atoms with van der Waals surface area (Å²) in [5, 5.41) is 0. The lowest BCUT2D eigenvalue weighted by atomic mass is 10.1. The molecule has 0 radical (unpaired) electrons. The van der Waals surface area contributed by atoms with Gasteiger partial charge in [0.25, 0.3) is 5.91 Å². The Morgan fingerprint density at radius 1 is 1.47 bits per heavy atom. The van der Waals surface area contributed by atoms with E-state index in [0.29, 0.717) is 9.16 Å². The van der Waals surface area contributed by atoms with E-state index in [0.717, 1.165) is 30.8 Å². The van der Waals surface area contributed by atoms with Crippen LogP contribution in [0.3, 0.4) is 0 Å². The van der Waals surface area contributed by atoms with E-state index in [9.17, 15) is 4.79 Å². The van der Waals surface area contributed by atoms with Crippen LogP contribution in [-0.4, -0.2) is 28.7 Å². The summed E-state index contributed by atoms with van der Waals surface area (Å²) in [6.45, 7) is 1.68. The third-order valence-electron chi connectivity index (χ3n) is 2.50. The summed E-state index contributed by atoms with van der Waals surface area (Å²) in [4.78, 5) is 15.2. The zero-order valence-corrected chi connectivity index (χ0v) is 11.2. The number of hydrogen-bond donors (Lipinski definition) is 0. The van der Waals surface area contributed by atoms with Crippen LogP contribution in [0, 0.1) is 0 Å². The quantitative estimate of drug-likeness (QED) is 0.728. The van der Waals surface area contributed by atoms with Crippen molar-refractivity contribution in [2.24, 2.45) is 0 Å². The second-order valence-corrected chi connectivity index (χ2v) is 6.58. The van der Waals surface area contributed by atoms with Crippen molar-refractivity contribution in [1.82, 2.24) is 4.90 Å². The van der Waals surface area contributed by atoms with Gasteiger partial charge in [-0.05, 0) is 25.0 Å². The van der Waals surface area contributed by atoms with Gasteiger partial charge in [0.2, 0.25) is 0 Å². The Morgan fingerprint density at radius 3 is 2.67 bits per heavy atom. The molecule has 82 valence electrons. The number of rotatable bonds is 1. The van der Waals surface area contributed by atoms with Crippen molar-refractivity contribution in [1.29, 1.82) is 0 Å². The van der Waals surface area contributed by atoms with Crippen molar-refractivity contribution in [2.75, 3.05) is 13.1 Å². The van der Waals surface area contributed by atoms with Crippen molar-refractivity contribution < 1.29 is 4.79 Å². The van der Waals surface area contributed by atoms with Gasteiger partial charge in [-0.25, -0.2) is 0 Å². The van der Waals surface area contributed by atoms with Gasteiger partial charge in [0, 0.05) is 17.9 Å². The number of hydrogen-bond acceptors (Lipinski definition) is 2. The molecule has 2 rings (SSSR count). The van der Waals surface area contributed by atoms with Crippen LogP contribution in [0.25, 0.3) is 0 Å². The lowest BCUT2D eigenvalue weighted by molar-refractivity contribution is 0.0733. The summed E-state index contributed by atoms with van der Waals surface area (Å²) in [7, 11) is 0. The number of nitrogens with zero attached hydrogens (tertiary/aromatic N) is 1. The second-order valence-electron chi connectivity index (χ2n) is 3.57. The molecule has 0 N–H and O–H groups in total. The van der Waals surface area contributed by atoms with Crippen LogP contribution in [0.15, 0.2) is 12.1 Å². The van der Waals surface area contributed by atoms with E-state index in [4.69, 9.17) is 11.6 Å². The van der Waals surface area contributed by atoms with Crippen molar-refractivity contribution in [3.8, 4) is 0 Å². The number of likely N-dealkylation sites (tertiary alicyclic amines) is 1. The molecule has 1 amide bonds. The molecular formula is C10H11BrClNOS. The minimum Gasteiger partial charge on any atom is -0.338 e. The van der Waals surface area contributed by atoms with E-state index in [2.05, 4.69) is 15.9 Å². The fourth-order valence-corrected chi connectivity index (χ4v) is 3.06. The van der Waals surface area contributed by atoms with E-state index in [1.807, 2.05) is 4.90 Å². The SMILES string of the molecule is O=C(c1ccc(Cl)s1)N1CCC(Br)CC1. The maximum Gasteiger partial charge on any atom is 0.263 e. The average molecular weight is 309 g/mol. The molecule has 2 nitrogen and oxygen atoms in total. The topological polar surface area (TPSA) is 20.3 Å². The van der Waals surface area contributed by atoms with Crippen LogP contribution >= 0.6 is 38.9 Å². The van der Waals surface area contributed by atoms with Gasteiger partial charge in [-0.2, -0.15) is 0 Å². The third-order valence-corrected chi connectivity index (χ3v) is 4.63. The Labute approximate surface area is 106 Å². The highest BCUT2D eigenvalue weighted by atomic mass is 79.9. The van der Waals surface area contributed by atoms with Gasteiger partial charge in [-0.3, -0.25) is 4.79 Å². The van der Waals surface area contributed by atoms with Crippen LogP contribution in [0.2, 0.25) is 4.34 Å². The molecular weight excluding hydrogens is 298 g/mol. The van der Waals surface area contributed by atoms with Crippen LogP contribution in [0.1, 0.15) is 22.5 Å². The standard InChI is InChI=1S/C10H11BrClNOS/c11-7-3-5-13(6-4-7)10(14)8-1-2-9(12)15-8/h1-2,7H,3-6H2. The first-order valence-electron chi connectivity index (χ1n) is 4.85. The molecule has 0 spiro atoms. The zero-order valence-electron chi connectivity index (χ0n) is 8.08. The molecule has 15 heavy (non-hydrogen) atoms. The fourth-order valence-electron chi connectivity index (χ4n) is 1.64. The molecule has 1 aliphatic rings. The molecule has 1 saturated heterocycles. The second kappa shape index (κ2) is 4.85. The first-order valence-corrected chi connectivity index (χ1v) is 6.96. The molecule has 1 aliphatic heterocycles. The van der Waals surface area contributed by atoms with Crippen LogP contribution in [0.4, 0.5) is 0 Å². The summed E-state index contributed by atoms with van der Waals surface area (Å²) in [6.07, 6.45) is 2.07. The van der Waals surface area contributed by atoms with Gasteiger partial charge in [0.1, 0.15) is 0 Å². The van der Waals surface area contributed by atoms with Crippen molar-refractivity contribution in [3.63, 3.8) is 0 Å². The third kappa shape index (κ3) is 2.74. The average Bonchev–Trinajstić information content (AvgIpc) is 2.65. The summed E-state index contributed by atoms with van der Waals surface area (Å²) in [6, 6.07) is 3.58. The molecule has 1 fully saturated rings. The Morgan fingerprint density at radius 2 is 2.13 bits per heavy atom. The van der Waals surface area contributed by atoms with Gasteiger partial charge in [-0.1, -0.05) is 27.5 Å². The Kier molecular flexibility index (Phi) is 3.69. The summed E-state index contributed by atoms with van der Waals surface area (Å²) in [5.74, 6) is 0.117. The molecule has 1 aromatic rings. The summed E-state index contributed by atoms with van der Waals surface area (Å²) >= 11 is 10.7. The smallest absolute Gasteiger partial charge is 0.263 e. The van der Waals surface area contributed by atoms with Gasteiger partial charge < -0.3 is 4.90 Å². The highest BCUT2D eigenvalue weighted by Gasteiger charge is 2.22. The van der Waals surface area contributed by atoms with E-state index in [-0.39, 0.29) is 5.91 Å². The summed E-state index contributed by atoms with van der Waals surface area (Å²) in [5.41, 5.74) is 0. The number of carbonyl (C=O) groups is 1. The van der Waals surface area contributed by atoms with Gasteiger partial charge >= 0.3 is 0 Å². The predicted molar refractivity (Wildman–Crippen MR) is 67.2 cm³/mol. The molecule has 0 bridgehead atoms. The van der Waals surface area contributed by atoms with E-state index >= 15 is 0 Å². The van der Waals surface area contributed by atoms with Crippen molar-refractivity contribution >= 4 is 44.8 Å². The normalized spacial score (nSPS) is 18.1. The van der Waals surface area contributed by atoms with Crippen molar-refractivity contribution in [3.05, 3.63) is 21.3 Å². The summed E-state index contributed by atoms with van der Waals surface area (Å²) < 4.78 is 0.675. The monoisotopic (exact) mass is 307 g/mol. The number of amides is 1. The molecule has 1 aromatic heterocycles. The Bertz CT molecular complexity index is 360. The first kappa shape index (κ1) is 11.4. The van der Waals surface area contributed by atoms with Crippen LogP contribution in [0.5, 0.6) is 0 Å². The largest absolute Gasteiger partial charge is 0.338 e. The Balaban J connectivity index is 2.02. The minimum absolute atomic E-state index is 0.117. The highest BCUT2D eigenvalue weighted by Crippen LogP contribution is 2.25. The van der Waals surface area contributed by atoms with Gasteiger partial charge in [0.05, 0.1) is 9.21 Å². The maximum atomic E-state index is 12.0. The van der Waals surface area contributed by atoms with Gasteiger partial charge in [0.15, 0.2) is 0 Å². The molecule has 5 heteroatoms. The first-order chi connectivity index (χ1) is 7.16. The fraction of sp³-hybridized carbons (Fsp3) is 0.500. The number of halogens is 2. The number of thiophene rings is 1. The van der Waals surface area contributed by atoms with Gasteiger partial charge in [-0.15, -0.1) is 11.3 Å². The highest BCUT2D eigenvalue weighted by molar-refractivity contribution is 9.09. The Hall–Kier alpha value is -0.0600. The lowest BCUT2D eigenvalue weighted by Crippen LogP contribution is -2.38. The predicted octanol–water partition coefficient (Wildman–Crippen LogP) is 3.40. The maximum absolute atomic E-state index is 12.0. The molecule has 0 saturated carbocycles.